The lowest BCUT2D eigenvalue weighted by Crippen LogP contribution is -2.18. The minimum absolute atomic E-state index is 0.0316. The van der Waals surface area contributed by atoms with Gasteiger partial charge in [-0.05, 0) is 26.0 Å². The Morgan fingerprint density at radius 3 is 2.67 bits per heavy atom. The van der Waals surface area contributed by atoms with Crippen LogP contribution in [0.2, 0.25) is 0 Å². The molecule has 1 aromatic carbocycles. The van der Waals surface area contributed by atoms with E-state index in [2.05, 4.69) is 12.2 Å². The van der Waals surface area contributed by atoms with Gasteiger partial charge in [-0.1, -0.05) is 32.8 Å². The maximum Gasteiger partial charge on any atom is 0.131 e. The van der Waals surface area contributed by atoms with Crippen molar-refractivity contribution < 1.29 is 9.13 Å². The van der Waals surface area contributed by atoms with Gasteiger partial charge in [-0.2, -0.15) is 0 Å². The van der Waals surface area contributed by atoms with Gasteiger partial charge in [0.25, 0.3) is 0 Å². The Bertz CT molecular complexity index is 354. The molecule has 0 aliphatic heterocycles. The van der Waals surface area contributed by atoms with Crippen molar-refractivity contribution >= 4 is 0 Å². The van der Waals surface area contributed by atoms with Crippen LogP contribution in [0.15, 0.2) is 18.2 Å². The van der Waals surface area contributed by atoms with E-state index < -0.39 is 0 Å². The highest BCUT2D eigenvalue weighted by atomic mass is 19.1. The maximum absolute atomic E-state index is 13.9. The molecule has 1 unspecified atom stereocenters. The monoisotopic (exact) mass is 253 g/mol. The molecule has 18 heavy (non-hydrogen) atoms. The average molecular weight is 253 g/mol. The van der Waals surface area contributed by atoms with Crippen molar-refractivity contribution in [1.82, 2.24) is 5.32 Å². The van der Waals surface area contributed by atoms with Crippen LogP contribution in [0.25, 0.3) is 0 Å². The summed E-state index contributed by atoms with van der Waals surface area (Å²) >= 11 is 0. The smallest absolute Gasteiger partial charge is 0.131 e. The Morgan fingerprint density at radius 2 is 2.06 bits per heavy atom. The highest BCUT2D eigenvalue weighted by Gasteiger charge is 2.10. The molecule has 3 heteroatoms. The number of halogens is 1. The Hall–Kier alpha value is -1.09. The Labute approximate surface area is 110 Å². The van der Waals surface area contributed by atoms with Crippen LogP contribution in [0.5, 0.6) is 5.75 Å². The maximum atomic E-state index is 13.9. The van der Waals surface area contributed by atoms with E-state index in [-0.39, 0.29) is 11.9 Å². The lowest BCUT2D eigenvalue weighted by Gasteiger charge is -2.14. The molecule has 0 aromatic heterocycles. The first kappa shape index (κ1) is 15.0. The van der Waals surface area contributed by atoms with Gasteiger partial charge >= 0.3 is 0 Å². The third-order valence-corrected chi connectivity index (χ3v) is 2.97. The lowest BCUT2D eigenvalue weighted by atomic mass is 10.1. The fraction of sp³-hybridized carbons (Fsp3) is 0.600. The SMILES string of the molecule is CCCCCOc1ccc(C(C)NCC)c(F)c1. The van der Waals surface area contributed by atoms with Crippen LogP contribution in [0, 0.1) is 5.82 Å². The normalized spacial score (nSPS) is 12.4. The second-order valence-corrected chi connectivity index (χ2v) is 4.52. The van der Waals surface area contributed by atoms with Crippen molar-refractivity contribution in [2.45, 2.75) is 46.1 Å². The Kier molecular flexibility index (Phi) is 6.73. The summed E-state index contributed by atoms with van der Waals surface area (Å²) in [6.07, 6.45) is 3.34. The van der Waals surface area contributed by atoms with E-state index in [9.17, 15) is 4.39 Å². The lowest BCUT2D eigenvalue weighted by molar-refractivity contribution is 0.304. The van der Waals surface area contributed by atoms with Crippen LogP contribution in [-0.4, -0.2) is 13.2 Å². The van der Waals surface area contributed by atoms with Crippen LogP contribution in [0.1, 0.15) is 51.6 Å². The van der Waals surface area contributed by atoms with Crippen molar-refractivity contribution in [3.63, 3.8) is 0 Å². The number of nitrogens with one attached hydrogen (secondary N) is 1. The molecule has 0 heterocycles. The van der Waals surface area contributed by atoms with Crippen LogP contribution in [-0.2, 0) is 0 Å². The minimum atomic E-state index is -0.198. The molecule has 1 rings (SSSR count). The van der Waals surface area contributed by atoms with Crippen LogP contribution < -0.4 is 10.1 Å². The van der Waals surface area contributed by atoms with Crippen molar-refractivity contribution in [2.75, 3.05) is 13.2 Å². The van der Waals surface area contributed by atoms with E-state index in [1.807, 2.05) is 19.9 Å². The third-order valence-electron chi connectivity index (χ3n) is 2.97. The number of rotatable bonds is 8. The highest BCUT2D eigenvalue weighted by Crippen LogP contribution is 2.22. The standard InChI is InChI=1S/C15H24FNO/c1-4-6-7-10-18-13-8-9-14(15(16)11-13)12(3)17-5-2/h8-9,11-12,17H,4-7,10H2,1-3H3. The zero-order chi connectivity index (χ0) is 13.4. The van der Waals surface area contributed by atoms with E-state index in [1.165, 1.54) is 6.07 Å². The molecule has 1 atom stereocenters. The van der Waals surface area contributed by atoms with E-state index in [0.29, 0.717) is 17.9 Å². The van der Waals surface area contributed by atoms with E-state index >= 15 is 0 Å². The molecular weight excluding hydrogens is 229 g/mol. The summed E-state index contributed by atoms with van der Waals surface area (Å²) in [7, 11) is 0. The minimum Gasteiger partial charge on any atom is -0.493 e. The number of hydrogen-bond donors (Lipinski definition) is 1. The zero-order valence-corrected chi connectivity index (χ0v) is 11.6. The quantitative estimate of drug-likeness (QED) is 0.705. The van der Waals surface area contributed by atoms with Gasteiger partial charge in [-0.25, -0.2) is 4.39 Å². The Balaban J connectivity index is 2.56. The molecule has 0 amide bonds. The van der Waals surface area contributed by atoms with Gasteiger partial charge in [0.15, 0.2) is 0 Å². The first-order valence-electron chi connectivity index (χ1n) is 6.84. The molecule has 2 nitrogen and oxygen atoms in total. The van der Waals surface area contributed by atoms with E-state index in [4.69, 9.17) is 4.74 Å². The van der Waals surface area contributed by atoms with Crippen LogP contribution in [0.3, 0.4) is 0 Å². The fourth-order valence-corrected chi connectivity index (χ4v) is 1.91. The second-order valence-electron chi connectivity index (χ2n) is 4.52. The van der Waals surface area contributed by atoms with Crippen LogP contribution >= 0.6 is 0 Å². The molecule has 0 radical (unpaired) electrons. The Morgan fingerprint density at radius 1 is 1.28 bits per heavy atom. The summed E-state index contributed by atoms with van der Waals surface area (Å²) in [6.45, 7) is 7.62. The molecule has 0 bridgehead atoms. The number of benzene rings is 1. The molecule has 0 saturated carbocycles. The molecule has 0 saturated heterocycles. The highest BCUT2D eigenvalue weighted by molar-refractivity contribution is 5.30. The van der Waals surface area contributed by atoms with Crippen LogP contribution in [0.4, 0.5) is 4.39 Å². The molecule has 0 spiro atoms. The average Bonchev–Trinajstić information content (AvgIpc) is 2.35. The van der Waals surface area contributed by atoms with Gasteiger partial charge in [0.1, 0.15) is 11.6 Å². The molecule has 0 aliphatic rings. The van der Waals surface area contributed by atoms with E-state index in [0.717, 1.165) is 25.8 Å². The first-order chi connectivity index (χ1) is 8.69. The first-order valence-corrected chi connectivity index (χ1v) is 6.84. The van der Waals surface area contributed by atoms with Gasteiger partial charge in [-0.3, -0.25) is 0 Å². The summed E-state index contributed by atoms with van der Waals surface area (Å²) in [5.74, 6) is 0.424. The number of ether oxygens (including phenoxy) is 1. The molecule has 1 aromatic rings. The van der Waals surface area contributed by atoms with E-state index in [1.54, 1.807) is 6.07 Å². The van der Waals surface area contributed by atoms with Crippen molar-refractivity contribution in [2.24, 2.45) is 0 Å². The second kappa shape index (κ2) is 8.09. The summed E-state index contributed by atoms with van der Waals surface area (Å²) in [5, 5.41) is 3.20. The molecule has 102 valence electrons. The zero-order valence-electron chi connectivity index (χ0n) is 11.6. The van der Waals surface area contributed by atoms with Gasteiger partial charge in [0.2, 0.25) is 0 Å². The summed E-state index contributed by atoms with van der Waals surface area (Å²) in [6, 6.07) is 5.16. The van der Waals surface area contributed by atoms with Gasteiger partial charge in [0.05, 0.1) is 6.61 Å². The van der Waals surface area contributed by atoms with Gasteiger partial charge in [-0.15, -0.1) is 0 Å². The molecule has 0 fully saturated rings. The summed E-state index contributed by atoms with van der Waals surface area (Å²) in [5.41, 5.74) is 0.692. The predicted molar refractivity (Wildman–Crippen MR) is 73.5 cm³/mol. The van der Waals surface area contributed by atoms with Gasteiger partial charge in [0, 0.05) is 17.7 Å². The third kappa shape index (κ3) is 4.65. The van der Waals surface area contributed by atoms with Crippen molar-refractivity contribution in [3.8, 4) is 5.75 Å². The summed E-state index contributed by atoms with van der Waals surface area (Å²) in [4.78, 5) is 0. The predicted octanol–water partition coefficient (Wildman–Crippen LogP) is 4.07. The number of hydrogen-bond acceptors (Lipinski definition) is 2. The molecule has 1 N–H and O–H groups in total. The molecule has 0 aliphatic carbocycles. The largest absolute Gasteiger partial charge is 0.493 e. The summed E-state index contributed by atoms with van der Waals surface area (Å²) < 4.78 is 19.4. The van der Waals surface area contributed by atoms with Crippen molar-refractivity contribution in [3.05, 3.63) is 29.6 Å². The van der Waals surface area contributed by atoms with Gasteiger partial charge < -0.3 is 10.1 Å². The van der Waals surface area contributed by atoms with Crippen molar-refractivity contribution in [1.29, 1.82) is 0 Å². The number of unbranched alkanes of at least 4 members (excludes halogenated alkanes) is 2. The topological polar surface area (TPSA) is 21.3 Å². The molecular formula is C15H24FNO. The fourth-order valence-electron chi connectivity index (χ4n) is 1.91.